The largest absolute Gasteiger partial charge is 0.397 e. The molecule has 5 nitrogen and oxygen atoms in total. The molecule has 0 spiro atoms. The van der Waals surface area contributed by atoms with Gasteiger partial charge in [-0.1, -0.05) is 0 Å². The van der Waals surface area contributed by atoms with Crippen LogP contribution in [-0.4, -0.2) is 11.7 Å². The SMILES string of the molecule is CC(=O)Nc1ccc(C(=O)c2ccc(N)c(N)c2)cc1. The topological polar surface area (TPSA) is 98.2 Å². The third-order valence-electron chi connectivity index (χ3n) is 2.82. The lowest BCUT2D eigenvalue weighted by molar-refractivity contribution is -0.114. The molecule has 102 valence electrons. The van der Waals surface area contributed by atoms with Crippen molar-refractivity contribution in [1.82, 2.24) is 0 Å². The Bertz CT molecular complexity index is 663. The van der Waals surface area contributed by atoms with Gasteiger partial charge < -0.3 is 16.8 Å². The number of nitrogen functional groups attached to an aromatic ring is 2. The molecule has 0 aliphatic heterocycles. The van der Waals surface area contributed by atoms with Crippen LogP contribution in [0, 0.1) is 0 Å². The Balaban J connectivity index is 2.24. The van der Waals surface area contributed by atoms with E-state index >= 15 is 0 Å². The van der Waals surface area contributed by atoms with Crippen molar-refractivity contribution in [2.24, 2.45) is 0 Å². The normalized spacial score (nSPS) is 10.1. The minimum atomic E-state index is -0.157. The smallest absolute Gasteiger partial charge is 0.221 e. The highest BCUT2D eigenvalue weighted by atomic mass is 16.1. The van der Waals surface area contributed by atoms with Crippen molar-refractivity contribution >= 4 is 28.8 Å². The van der Waals surface area contributed by atoms with Crippen LogP contribution in [0.15, 0.2) is 42.5 Å². The van der Waals surface area contributed by atoms with Gasteiger partial charge in [0, 0.05) is 23.7 Å². The number of nitrogens with one attached hydrogen (secondary N) is 1. The van der Waals surface area contributed by atoms with Crippen molar-refractivity contribution in [2.75, 3.05) is 16.8 Å². The Hall–Kier alpha value is -2.82. The molecule has 0 atom stereocenters. The maximum atomic E-state index is 12.3. The summed E-state index contributed by atoms with van der Waals surface area (Å²) in [7, 11) is 0. The average Bonchev–Trinajstić information content (AvgIpc) is 2.41. The molecule has 2 rings (SSSR count). The van der Waals surface area contributed by atoms with E-state index in [0.29, 0.717) is 28.2 Å². The van der Waals surface area contributed by atoms with Gasteiger partial charge in [-0.3, -0.25) is 9.59 Å². The predicted octanol–water partition coefficient (Wildman–Crippen LogP) is 2.04. The Morgan fingerprint density at radius 1 is 0.900 bits per heavy atom. The second-order valence-electron chi connectivity index (χ2n) is 4.43. The zero-order valence-corrected chi connectivity index (χ0v) is 11.0. The highest BCUT2D eigenvalue weighted by molar-refractivity contribution is 6.10. The van der Waals surface area contributed by atoms with Gasteiger partial charge in [0.15, 0.2) is 5.78 Å². The number of amides is 1. The lowest BCUT2D eigenvalue weighted by Gasteiger charge is -2.06. The lowest BCUT2D eigenvalue weighted by atomic mass is 10.0. The van der Waals surface area contributed by atoms with Crippen LogP contribution in [-0.2, 0) is 4.79 Å². The highest BCUT2D eigenvalue weighted by Gasteiger charge is 2.10. The number of ketones is 1. The minimum Gasteiger partial charge on any atom is -0.397 e. The van der Waals surface area contributed by atoms with Crippen LogP contribution in [0.4, 0.5) is 17.1 Å². The molecule has 0 unspecified atom stereocenters. The molecule has 0 fully saturated rings. The molecule has 1 amide bonds. The van der Waals surface area contributed by atoms with E-state index in [2.05, 4.69) is 5.32 Å². The average molecular weight is 269 g/mol. The fourth-order valence-electron chi connectivity index (χ4n) is 1.79. The van der Waals surface area contributed by atoms with Gasteiger partial charge >= 0.3 is 0 Å². The molecule has 5 heteroatoms. The highest BCUT2D eigenvalue weighted by Crippen LogP contribution is 2.19. The first-order valence-electron chi connectivity index (χ1n) is 6.04. The van der Waals surface area contributed by atoms with Crippen molar-refractivity contribution < 1.29 is 9.59 Å². The van der Waals surface area contributed by atoms with Gasteiger partial charge in [0.25, 0.3) is 0 Å². The third kappa shape index (κ3) is 2.95. The predicted molar refractivity (Wildman–Crippen MR) is 79.4 cm³/mol. The minimum absolute atomic E-state index is 0.147. The molecule has 2 aromatic rings. The quantitative estimate of drug-likeness (QED) is 0.586. The summed E-state index contributed by atoms with van der Waals surface area (Å²) in [5, 5.41) is 2.64. The number of hydrogen-bond acceptors (Lipinski definition) is 4. The molecule has 0 radical (unpaired) electrons. The van der Waals surface area contributed by atoms with Crippen molar-refractivity contribution in [3.63, 3.8) is 0 Å². The fraction of sp³-hybridized carbons (Fsp3) is 0.0667. The molecule has 2 aromatic carbocycles. The van der Waals surface area contributed by atoms with Gasteiger partial charge in [-0.05, 0) is 42.5 Å². The summed E-state index contributed by atoms with van der Waals surface area (Å²) in [6, 6.07) is 11.5. The van der Waals surface area contributed by atoms with Crippen LogP contribution >= 0.6 is 0 Å². The van der Waals surface area contributed by atoms with Crippen LogP contribution in [0.5, 0.6) is 0 Å². The van der Waals surface area contributed by atoms with E-state index < -0.39 is 0 Å². The maximum Gasteiger partial charge on any atom is 0.221 e. The van der Waals surface area contributed by atoms with Gasteiger partial charge in [0.05, 0.1) is 11.4 Å². The van der Waals surface area contributed by atoms with Crippen LogP contribution < -0.4 is 16.8 Å². The third-order valence-corrected chi connectivity index (χ3v) is 2.82. The summed E-state index contributed by atoms with van der Waals surface area (Å²) in [4.78, 5) is 23.2. The zero-order chi connectivity index (χ0) is 14.7. The van der Waals surface area contributed by atoms with Crippen molar-refractivity contribution in [1.29, 1.82) is 0 Å². The number of anilines is 3. The number of nitrogens with two attached hydrogens (primary N) is 2. The second-order valence-corrected chi connectivity index (χ2v) is 4.43. The molecule has 0 aliphatic rings. The second kappa shape index (κ2) is 5.44. The van der Waals surface area contributed by atoms with E-state index in [1.165, 1.54) is 6.92 Å². The number of rotatable bonds is 3. The van der Waals surface area contributed by atoms with Crippen LogP contribution in [0.25, 0.3) is 0 Å². The monoisotopic (exact) mass is 269 g/mol. The van der Waals surface area contributed by atoms with E-state index in [-0.39, 0.29) is 11.7 Å². The molecule has 0 saturated heterocycles. The van der Waals surface area contributed by atoms with E-state index in [0.717, 1.165) is 0 Å². The number of hydrogen-bond donors (Lipinski definition) is 3. The van der Waals surface area contributed by atoms with Crippen molar-refractivity contribution in [3.05, 3.63) is 53.6 Å². The summed E-state index contributed by atoms with van der Waals surface area (Å²) >= 11 is 0. The maximum absolute atomic E-state index is 12.3. The molecule has 0 aromatic heterocycles. The Labute approximate surface area is 116 Å². The van der Waals surface area contributed by atoms with Crippen molar-refractivity contribution in [3.8, 4) is 0 Å². The summed E-state index contributed by atoms with van der Waals surface area (Å²) in [5.74, 6) is -0.304. The van der Waals surface area contributed by atoms with Crippen LogP contribution in [0.3, 0.4) is 0 Å². The van der Waals surface area contributed by atoms with Gasteiger partial charge in [0.1, 0.15) is 0 Å². The fourth-order valence-corrected chi connectivity index (χ4v) is 1.79. The number of benzene rings is 2. The van der Waals surface area contributed by atoms with Gasteiger partial charge in [-0.25, -0.2) is 0 Å². The molecule has 0 aliphatic carbocycles. The Morgan fingerprint density at radius 2 is 1.50 bits per heavy atom. The van der Waals surface area contributed by atoms with E-state index in [1.807, 2.05) is 0 Å². The van der Waals surface area contributed by atoms with Crippen LogP contribution in [0.2, 0.25) is 0 Å². The molecule has 0 bridgehead atoms. The Kier molecular flexibility index (Phi) is 3.70. The van der Waals surface area contributed by atoms with Crippen LogP contribution in [0.1, 0.15) is 22.8 Å². The summed E-state index contributed by atoms with van der Waals surface area (Å²) in [6.07, 6.45) is 0. The van der Waals surface area contributed by atoms with E-state index in [1.54, 1.807) is 42.5 Å². The molecule has 0 saturated carbocycles. The van der Waals surface area contributed by atoms with Gasteiger partial charge in [-0.2, -0.15) is 0 Å². The first-order valence-corrected chi connectivity index (χ1v) is 6.04. The van der Waals surface area contributed by atoms with Gasteiger partial charge in [-0.15, -0.1) is 0 Å². The van der Waals surface area contributed by atoms with E-state index in [9.17, 15) is 9.59 Å². The first-order chi connectivity index (χ1) is 9.47. The van der Waals surface area contributed by atoms with E-state index in [4.69, 9.17) is 11.5 Å². The standard InChI is InChI=1S/C15H15N3O2/c1-9(19)18-12-5-2-10(3-6-12)15(20)11-4-7-13(16)14(17)8-11/h2-8H,16-17H2,1H3,(H,18,19). The molecular weight excluding hydrogens is 254 g/mol. The summed E-state index contributed by atoms with van der Waals surface area (Å²) < 4.78 is 0. The van der Waals surface area contributed by atoms with Gasteiger partial charge in [0.2, 0.25) is 5.91 Å². The molecular formula is C15H15N3O2. The molecule has 5 N–H and O–H groups in total. The first kappa shape index (κ1) is 13.6. The zero-order valence-electron chi connectivity index (χ0n) is 11.0. The number of carbonyl (C=O) groups excluding carboxylic acids is 2. The lowest BCUT2D eigenvalue weighted by Crippen LogP contribution is -2.07. The molecule has 0 heterocycles. The number of carbonyl (C=O) groups is 2. The molecule has 20 heavy (non-hydrogen) atoms. The summed E-state index contributed by atoms with van der Waals surface area (Å²) in [6.45, 7) is 1.43. The Morgan fingerprint density at radius 3 is 2.05 bits per heavy atom. The summed E-state index contributed by atoms with van der Waals surface area (Å²) in [5.41, 5.74) is 13.8. The van der Waals surface area contributed by atoms with Crippen molar-refractivity contribution in [2.45, 2.75) is 6.92 Å².